The Morgan fingerprint density at radius 2 is 2.16 bits per heavy atom. The van der Waals surface area contributed by atoms with Crippen molar-refractivity contribution in [1.82, 2.24) is 4.98 Å². The second kappa shape index (κ2) is 7.06. The summed E-state index contributed by atoms with van der Waals surface area (Å²) in [5, 5.41) is 9.61. The molecule has 0 radical (unpaired) electrons. The quantitative estimate of drug-likeness (QED) is 0.921. The fourth-order valence-corrected chi connectivity index (χ4v) is 2.91. The van der Waals surface area contributed by atoms with Gasteiger partial charge in [-0.2, -0.15) is 0 Å². The number of amides is 1. The molecular formula is C18H19FN2O4. The fourth-order valence-electron chi connectivity index (χ4n) is 2.91. The molecule has 1 aromatic carbocycles. The van der Waals surface area contributed by atoms with Crippen molar-refractivity contribution < 1.29 is 23.8 Å². The molecule has 1 N–H and O–H groups in total. The molecule has 1 unspecified atom stereocenters. The van der Waals surface area contributed by atoms with Crippen molar-refractivity contribution in [2.45, 2.75) is 19.4 Å². The summed E-state index contributed by atoms with van der Waals surface area (Å²) in [6.45, 7) is 2.26. The number of ether oxygens (including phenoxy) is 2. The SMILES string of the molecule is COCC1COc2nc(C)c(Cc3ccc(F)cc3)cc2N1C(=O)O. The molecule has 0 saturated heterocycles. The summed E-state index contributed by atoms with van der Waals surface area (Å²) in [5.41, 5.74) is 2.93. The molecule has 6 nitrogen and oxygen atoms in total. The van der Waals surface area contributed by atoms with E-state index in [0.29, 0.717) is 18.0 Å². The van der Waals surface area contributed by atoms with Gasteiger partial charge in [0.05, 0.1) is 12.6 Å². The summed E-state index contributed by atoms with van der Waals surface area (Å²) < 4.78 is 23.8. The molecule has 0 bridgehead atoms. The average Bonchev–Trinajstić information content (AvgIpc) is 2.57. The summed E-state index contributed by atoms with van der Waals surface area (Å²) in [5.74, 6) is 0.00649. The number of nitrogens with zero attached hydrogens (tertiary/aromatic N) is 2. The minimum Gasteiger partial charge on any atom is -0.474 e. The number of pyridine rings is 1. The Kier molecular flexibility index (Phi) is 4.85. The Morgan fingerprint density at radius 1 is 1.44 bits per heavy atom. The van der Waals surface area contributed by atoms with Gasteiger partial charge in [0.25, 0.3) is 0 Å². The first-order valence-corrected chi connectivity index (χ1v) is 7.88. The Balaban J connectivity index is 1.97. The normalized spacial score (nSPS) is 16.3. The predicted octanol–water partition coefficient (Wildman–Crippen LogP) is 3.01. The van der Waals surface area contributed by atoms with Gasteiger partial charge in [-0.25, -0.2) is 14.2 Å². The van der Waals surface area contributed by atoms with Crippen LogP contribution in [0.4, 0.5) is 14.9 Å². The largest absolute Gasteiger partial charge is 0.474 e. The molecule has 3 rings (SSSR count). The maximum atomic E-state index is 13.1. The van der Waals surface area contributed by atoms with Gasteiger partial charge in [-0.05, 0) is 42.7 Å². The molecular weight excluding hydrogens is 327 g/mol. The second-order valence-corrected chi connectivity index (χ2v) is 5.93. The summed E-state index contributed by atoms with van der Waals surface area (Å²) in [4.78, 5) is 17.4. The van der Waals surface area contributed by atoms with Crippen molar-refractivity contribution in [1.29, 1.82) is 0 Å². The highest BCUT2D eigenvalue weighted by Crippen LogP contribution is 2.34. The van der Waals surface area contributed by atoms with Crippen LogP contribution in [0.2, 0.25) is 0 Å². The molecule has 132 valence electrons. The molecule has 0 aliphatic carbocycles. The maximum Gasteiger partial charge on any atom is 0.412 e. The number of methoxy groups -OCH3 is 1. The lowest BCUT2D eigenvalue weighted by Crippen LogP contribution is -2.49. The van der Waals surface area contributed by atoms with Crippen LogP contribution in [-0.2, 0) is 11.2 Å². The minimum absolute atomic E-state index is 0.191. The number of halogens is 1. The van der Waals surface area contributed by atoms with Gasteiger partial charge in [0.1, 0.15) is 18.1 Å². The zero-order valence-electron chi connectivity index (χ0n) is 14.0. The lowest BCUT2D eigenvalue weighted by Gasteiger charge is -2.34. The topological polar surface area (TPSA) is 71.9 Å². The number of hydrogen-bond donors (Lipinski definition) is 1. The van der Waals surface area contributed by atoms with Crippen LogP contribution in [0.1, 0.15) is 16.8 Å². The number of carboxylic acid groups (broad SMARTS) is 1. The molecule has 1 atom stereocenters. The molecule has 0 spiro atoms. The van der Waals surface area contributed by atoms with E-state index in [4.69, 9.17) is 9.47 Å². The third-order valence-corrected chi connectivity index (χ3v) is 4.17. The van der Waals surface area contributed by atoms with Crippen molar-refractivity contribution in [2.24, 2.45) is 0 Å². The van der Waals surface area contributed by atoms with Gasteiger partial charge in [0, 0.05) is 12.8 Å². The highest BCUT2D eigenvalue weighted by Gasteiger charge is 2.34. The molecule has 1 aliphatic heterocycles. The van der Waals surface area contributed by atoms with E-state index in [1.54, 1.807) is 18.2 Å². The zero-order valence-corrected chi connectivity index (χ0v) is 14.0. The zero-order chi connectivity index (χ0) is 18.0. The first kappa shape index (κ1) is 17.2. The molecule has 2 heterocycles. The van der Waals surface area contributed by atoms with E-state index in [1.807, 2.05) is 6.92 Å². The Bertz CT molecular complexity index is 779. The standard InChI is InChI=1S/C18H19FN2O4/c1-11-13(7-12-3-5-14(19)6-4-12)8-16-17(20-11)25-10-15(9-24-2)21(16)18(22)23/h3-6,8,15H,7,9-10H2,1-2H3,(H,22,23). The van der Waals surface area contributed by atoms with E-state index >= 15 is 0 Å². The van der Waals surface area contributed by atoms with E-state index < -0.39 is 12.1 Å². The number of fused-ring (bicyclic) bond motifs is 1. The molecule has 1 amide bonds. The average molecular weight is 346 g/mol. The van der Waals surface area contributed by atoms with Crippen LogP contribution in [0, 0.1) is 12.7 Å². The molecule has 0 fully saturated rings. The number of carbonyl (C=O) groups is 1. The predicted molar refractivity (Wildman–Crippen MR) is 89.8 cm³/mol. The Morgan fingerprint density at radius 3 is 2.80 bits per heavy atom. The van der Waals surface area contributed by atoms with E-state index in [0.717, 1.165) is 16.8 Å². The van der Waals surface area contributed by atoms with Crippen LogP contribution in [-0.4, -0.2) is 42.5 Å². The highest BCUT2D eigenvalue weighted by molar-refractivity contribution is 5.89. The molecule has 0 saturated carbocycles. The first-order valence-electron chi connectivity index (χ1n) is 7.88. The van der Waals surface area contributed by atoms with Gasteiger partial charge in [0.2, 0.25) is 5.88 Å². The monoisotopic (exact) mass is 346 g/mol. The summed E-state index contributed by atoms with van der Waals surface area (Å²) in [7, 11) is 1.52. The second-order valence-electron chi connectivity index (χ2n) is 5.93. The maximum absolute atomic E-state index is 13.1. The van der Waals surface area contributed by atoms with Crippen molar-refractivity contribution in [3.8, 4) is 5.88 Å². The van der Waals surface area contributed by atoms with Crippen LogP contribution in [0.15, 0.2) is 30.3 Å². The van der Waals surface area contributed by atoms with Crippen LogP contribution in [0.3, 0.4) is 0 Å². The molecule has 1 aromatic heterocycles. The Labute approximate surface area is 144 Å². The molecule has 7 heteroatoms. The van der Waals surface area contributed by atoms with Crippen molar-refractivity contribution >= 4 is 11.8 Å². The third kappa shape index (κ3) is 3.56. The third-order valence-electron chi connectivity index (χ3n) is 4.17. The van der Waals surface area contributed by atoms with Gasteiger partial charge in [-0.1, -0.05) is 12.1 Å². The van der Waals surface area contributed by atoms with Gasteiger partial charge < -0.3 is 14.6 Å². The summed E-state index contributed by atoms with van der Waals surface area (Å²) >= 11 is 0. The highest BCUT2D eigenvalue weighted by atomic mass is 19.1. The van der Waals surface area contributed by atoms with Gasteiger partial charge in [-0.15, -0.1) is 0 Å². The van der Waals surface area contributed by atoms with Gasteiger partial charge in [-0.3, -0.25) is 4.90 Å². The molecule has 2 aromatic rings. The number of benzene rings is 1. The minimum atomic E-state index is -1.08. The summed E-state index contributed by atoms with van der Waals surface area (Å²) in [6, 6.07) is 7.55. The van der Waals surface area contributed by atoms with Crippen LogP contribution in [0.25, 0.3) is 0 Å². The van der Waals surface area contributed by atoms with E-state index in [-0.39, 0.29) is 19.0 Å². The number of aromatic nitrogens is 1. The Hall–Kier alpha value is -2.67. The fraction of sp³-hybridized carbons (Fsp3) is 0.333. The van der Waals surface area contributed by atoms with E-state index in [1.165, 1.54) is 24.1 Å². The number of anilines is 1. The van der Waals surface area contributed by atoms with Gasteiger partial charge >= 0.3 is 6.09 Å². The lowest BCUT2D eigenvalue weighted by molar-refractivity contribution is 0.131. The van der Waals surface area contributed by atoms with Crippen molar-refractivity contribution in [2.75, 3.05) is 25.2 Å². The number of rotatable bonds is 4. The molecule has 25 heavy (non-hydrogen) atoms. The van der Waals surface area contributed by atoms with Crippen molar-refractivity contribution in [3.05, 3.63) is 53.0 Å². The first-order chi connectivity index (χ1) is 12.0. The number of aryl methyl sites for hydroxylation is 1. The van der Waals surface area contributed by atoms with Gasteiger partial charge in [0.15, 0.2) is 0 Å². The van der Waals surface area contributed by atoms with Crippen molar-refractivity contribution in [3.63, 3.8) is 0 Å². The lowest BCUT2D eigenvalue weighted by atomic mass is 10.0. The smallest absolute Gasteiger partial charge is 0.412 e. The van der Waals surface area contributed by atoms with Crippen LogP contribution >= 0.6 is 0 Å². The van der Waals surface area contributed by atoms with Crippen LogP contribution < -0.4 is 9.64 Å². The number of hydrogen-bond acceptors (Lipinski definition) is 4. The van der Waals surface area contributed by atoms with E-state index in [9.17, 15) is 14.3 Å². The summed E-state index contributed by atoms with van der Waals surface area (Å²) in [6.07, 6.45) is -0.556. The van der Waals surface area contributed by atoms with Crippen LogP contribution in [0.5, 0.6) is 5.88 Å². The van der Waals surface area contributed by atoms with E-state index in [2.05, 4.69) is 4.98 Å². The molecule has 1 aliphatic rings.